The number of morpholine rings is 1. The van der Waals surface area contributed by atoms with E-state index in [4.69, 9.17) is 9.47 Å². The molecule has 32 heavy (non-hydrogen) atoms. The molecule has 5 rings (SSSR count). The smallest absolute Gasteiger partial charge is 0.411 e. The molecule has 6 nitrogen and oxygen atoms in total. The minimum absolute atomic E-state index is 0.00576. The summed E-state index contributed by atoms with van der Waals surface area (Å²) in [4.78, 5) is 14.7. The van der Waals surface area contributed by atoms with Crippen molar-refractivity contribution in [1.82, 2.24) is 0 Å². The minimum Gasteiger partial charge on any atom is -0.448 e. The first-order valence-corrected chi connectivity index (χ1v) is 10.9. The van der Waals surface area contributed by atoms with E-state index in [1.54, 1.807) is 0 Å². The van der Waals surface area contributed by atoms with Crippen LogP contribution in [0.2, 0.25) is 0 Å². The first-order valence-electron chi connectivity index (χ1n) is 10.9. The van der Waals surface area contributed by atoms with E-state index in [2.05, 4.69) is 34.5 Å². The first-order chi connectivity index (χ1) is 15.7. The van der Waals surface area contributed by atoms with Crippen LogP contribution >= 0.6 is 0 Å². The SMILES string of the molecule is O=C(Nc1cccc(N2CCOC(CO)C2)c1)OCC1c2ccccc2-c2ccccc21. The number of hydrogen-bond donors (Lipinski definition) is 2. The molecule has 6 heteroatoms. The number of aliphatic hydroxyl groups is 1. The molecular weight excluding hydrogens is 404 g/mol. The summed E-state index contributed by atoms with van der Waals surface area (Å²) in [6, 6.07) is 24.2. The van der Waals surface area contributed by atoms with E-state index >= 15 is 0 Å². The normalized spacial score (nSPS) is 17.5. The maximum Gasteiger partial charge on any atom is 0.411 e. The molecule has 1 heterocycles. The third kappa shape index (κ3) is 4.07. The molecule has 1 amide bonds. The number of benzene rings is 3. The van der Waals surface area contributed by atoms with Crippen molar-refractivity contribution in [2.24, 2.45) is 0 Å². The van der Waals surface area contributed by atoms with Crippen LogP contribution < -0.4 is 10.2 Å². The number of anilines is 2. The fraction of sp³-hybridized carbons (Fsp3) is 0.269. The molecule has 1 aliphatic heterocycles. The highest BCUT2D eigenvalue weighted by atomic mass is 16.5. The first kappa shape index (κ1) is 20.5. The highest BCUT2D eigenvalue weighted by molar-refractivity contribution is 5.86. The number of nitrogens with one attached hydrogen (secondary N) is 1. The number of fused-ring (bicyclic) bond motifs is 3. The van der Waals surface area contributed by atoms with Crippen molar-refractivity contribution in [3.63, 3.8) is 0 Å². The molecule has 1 aliphatic carbocycles. The predicted molar refractivity (Wildman–Crippen MR) is 124 cm³/mol. The van der Waals surface area contributed by atoms with Gasteiger partial charge in [0.25, 0.3) is 0 Å². The quantitative estimate of drug-likeness (QED) is 0.633. The molecule has 0 saturated carbocycles. The number of carbonyl (C=O) groups is 1. The van der Waals surface area contributed by atoms with Crippen molar-refractivity contribution in [2.45, 2.75) is 12.0 Å². The molecule has 2 N–H and O–H groups in total. The van der Waals surface area contributed by atoms with Crippen LogP contribution in [0.3, 0.4) is 0 Å². The zero-order valence-electron chi connectivity index (χ0n) is 17.7. The Morgan fingerprint density at radius 2 is 1.75 bits per heavy atom. The predicted octanol–water partition coefficient (Wildman–Crippen LogP) is 4.25. The topological polar surface area (TPSA) is 71.0 Å². The number of rotatable bonds is 5. The number of hydrogen-bond acceptors (Lipinski definition) is 5. The van der Waals surface area contributed by atoms with E-state index in [1.807, 2.05) is 48.5 Å². The van der Waals surface area contributed by atoms with Crippen molar-refractivity contribution in [2.75, 3.05) is 43.1 Å². The molecule has 164 valence electrons. The summed E-state index contributed by atoms with van der Waals surface area (Å²) in [6.45, 7) is 2.19. The van der Waals surface area contributed by atoms with Crippen molar-refractivity contribution in [3.8, 4) is 11.1 Å². The lowest BCUT2D eigenvalue weighted by Gasteiger charge is -2.33. The zero-order valence-corrected chi connectivity index (χ0v) is 17.7. The molecule has 3 aromatic carbocycles. The van der Waals surface area contributed by atoms with Crippen molar-refractivity contribution >= 4 is 17.5 Å². The van der Waals surface area contributed by atoms with Crippen LogP contribution in [-0.2, 0) is 9.47 Å². The van der Waals surface area contributed by atoms with Gasteiger partial charge in [-0.1, -0.05) is 54.6 Å². The second-order valence-electron chi connectivity index (χ2n) is 8.12. The number of aliphatic hydroxyl groups excluding tert-OH is 1. The average molecular weight is 431 g/mol. The number of amides is 1. The van der Waals surface area contributed by atoms with Gasteiger partial charge in [-0.2, -0.15) is 0 Å². The van der Waals surface area contributed by atoms with Gasteiger partial charge in [-0.25, -0.2) is 4.79 Å². The lowest BCUT2D eigenvalue weighted by Crippen LogP contribution is -2.44. The highest BCUT2D eigenvalue weighted by Gasteiger charge is 2.29. The fourth-order valence-corrected chi connectivity index (χ4v) is 4.60. The molecule has 1 unspecified atom stereocenters. The second-order valence-corrected chi connectivity index (χ2v) is 8.12. The Hall–Kier alpha value is -3.35. The summed E-state index contributed by atoms with van der Waals surface area (Å²) < 4.78 is 11.2. The van der Waals surface area contributed by atoms with Crippen molar-refractivity contribution in [3.05, 3.63) is 83.9 Å². The third-order valence-corrected chi connectivity index (χ3v) is 6.14. The van der Waals surface area contributed by atoms with Crippen LogP contribution in [0.1, 0.15) is 17.0 Å². The Balaban J connectivity index is 1.24. The lowest BCUT2D eigenvalue weighted by atomic mass is 9.98. The van der Waals surface area contributed by atoms with E-state index < -0.39 is 6.09 Å². The molecule has 1 saturated heterocycles. The van der Waals surface area contributed by atoms with E-state index in [1.165, 1.54) is 22.3 Å². The molecule has 2 aliphatic rings. The summed E-state index contributed by atoms with van der Waals surface area (Å²) in [7, 11) is 0. The average Bonchev–Trinajstić information content (AvgIpc) is 3.17. The molecule has 0 aromatic heterocycles. The lowest BCUT2D eigenvalue weighted by molar-refractivity contribution is 0.00357. The number of ether oxygens (including phenoxy) is 2. The fourth-order valence-electron chi connectivity index (χ4n) is 4.60. The molecular formula is C26H26N2O4. The molecule has 0 radical (unpaired) electrons. The van der Waals surface area contributed by atoms with Gasteiger partial charge in [-0.15, -0.1) is 0 Å². The Bertz CT molecular complexity index is 1070. The zero-order chi connectivity index (χ0) is 21.9. The molecule has 1 fully saturated rings. The summed E-state index contributed by atoms with van der Waals surface area (Å²) in [5, 5.41) is 12.2. The van der Waals surface area contributed by atoms with Gasteiger partial charge in [0.1, 0.15) is 6.61 Å². The van der Waals surface area contributed by atoms with Crippen molar-refractivity contribution in [1.29, 1.82) is 0 Å². The van der Waals surface area contributed by atoms with Crippen LogP contribution in [-0.4, -0.2) is 50.2 Å². The standard InChI is InChI=1S/C26H26N2O4/c29-16-20-15-28(12-13-31-20)19-7-5-6-18(14-19)27-26(30)32-17-25-23-10-3-1-8-21(23)22-9-2-4-11-24(22)25/h1-11,14,20,25,29H,12-13,15-17H2,(H,27,30). The highest BCUT2D eigenvalue weighted by Crippen LogP contribution is 2.44. The third-order valence-electron chi connectivity index (χ3n) is 6.14. The number of nitrogens with zero attached hydrogens (tertiary/aromatic N) is 1. The minimum atomic E-state index is -0.473. The second kappa shape index (κ2) is 9.02. The van der Waals surface area contributed by atoms with Gasteiger partial charge in [0.15, 0.2) is 0 Å². The Labute approximate surface area is 187 Å². The van der Waals surface area contributed by atoms with Gasteiger partial charge < -0.3 is 19.5 Å². The number of carbonyl (C=O) groups excluding carboxylic acids is 1. The summed E-state index contributed by atoms with van der Waals surface area (Å²) in [5.74, 6) is 0.0308. The molecule has 0 bridgehead atoms. The Morgan fingerprint density at radius 1 is 1.03 bits per heavy atom. The van der Waals surface area contributed by atoms with E-state index in [0.29, 0.717) is 18.8 Å². The molecule has 0 spiro atoms. The summed E-state index contributed by atoms with van der Waals surface area (Å²) in [6.07, 6.45) is -0.665. The molecule has 3 aromatic rings. The summed E-state index contributed by atoms with van der Waals surface area (Å²) in [5.41, 5.74) is 6.44. The van der Waals surface area contributed by atoms with Gasteiger partial charge in [0.2, 0.25) is 0 Å². The van der Waals surface area contributed by atoms with Gasteiger partial charge >= 0.3 is 6.09 Å². The van der Waals surface area contributed by atoms with E-state index in [9.17, 15) is 9.90 Å². The van der Waals surface area contributed by atoms with Gasteiger partial charge in [0.05, 0.1) is 19.3 Å². The van der Waals surface area contributed by atoms with Crippen LogP contribution in [0.15, 0.2) is 72.8 Å². The summed E-state index contributed by atoms with van der Waals surface area (Å²) >= 11 is 0. The maximum atomic E-state index is 12.6. The monoisotopic (exact) mass is 430 g/mol. The maximum absolute atomic E-state index is 12.6. The van der Waals surface area contributed by atoms with Gasteiger partial charge in [0, 0.05) is 30.4 Å². The Morgan fingerprint density at radius 3 is 2.47 bits per heavy atom. The van der Waals surface area contributed by atoms with Crippen molar-refractivity contribution < 1.29 is 19.4 Å². The molecule has 1 atom stereocenters. The van der Waals surface area contributed by atoms with E-state index in [-0.39, 0.29) is 25.2 Å². The van der Waals surface area contributed by atoms with Crippen LogP contribution in [0.5, 0.6) is 0 Å². The van der Waals surface area contributed by atoms with Crippen LogP contribution in [0.25, 0.3) is 11.1 Å². The largest absolute Gasteiger partial charge is 0.448 e. The van der Waals surface area contributed by atoms with E-state index in [0.717, 1.165) is 12.2 Å². The van der Waals surface area contributed by atoms with Crippen LogP contribution in [0.4, 0.5) is 16.2 Å². The van der Waals surface area contributed by atoms with Crippen LogP contribution in [0, 0.1) is 0 Å². The Kier molecular flexibility index (Phi) is 5.79. The van der Waals surface area contributed by atoms with Gasteiger partial charge in [-0.3, -0.25) is 5.32 Å². The van der Waals surface area contributed by atoms with Gasteiger partial charge in [-0.05, 0) is 40.5 Å².